The lowest BCUT2D eigenvalue weighted by atomic mass is 10.2. The third kappa shape index (κ3) is 5.11. The van der Waals surface area contributed by atoms with E-state index in [9.17, 15) is 14.6 Å². The number of nitrogens with one attached hydrogen (secondary N) is 2. The van der Waals surface area contributed by atoms with Crippen LogP contribution in [0.25, 0.3) is 11.2 Å². The average molecular weight is 447 g/mol. The molecule has 1 aliphatic rings. The highest BCUT2D eigenvalue weighted by atomic mass is 35.5. The van der Waals surface area contributed by atoms with Gasteiger partial charge < -0.3 is 29.9 Å². The predicted molar refractivity (Wildman–Crippen MR) is 107 cm³/mol. The molecule has 160 valence electrons. The van der Waals surface area contributed by atoms with Gasteiger partial charge in [-0.25, -0.2) is 4.98 Å². The SMILES string of the molecule is CCNC(=O)C(OCC1CCC(n2cnc3c(NCC)nc(Cl)nc32)O1)P(O)O. The summed E-state index contributed by atoms with van der Waals surface area (Å²) in [5, 5.41) is 5.74. The van der Waals surface area contributed by atoms with Gasteiger partial charge in [-0.15, -0.1) is 0 Å². The van der Waals surface area contributed by atoms with E-state index in [2.05, 4.69) is 25.6 Å². The maximum atomic E-state index is 11.9. The van der Waals surface area contributed by atoms with E-state index in [-0.39, 0.29) is 24.2 Å². The van der Waals surface area contributed by atoms with Crippen molar-refractivity contribution < 1.29 is 24.1 Å². The number of amides is 1. The second-order valence-electron chi connectivity index (χ2n) is 6.39. The van der Waals surface area contributed by atoms with Crippen LogP contribution in [0.5, 0.6) is 0 Å². The number of likely N-dealkylation sites (N-methyl/N-ethyl adjacent to an activating group) is 1. The highest BCUT2D eigenvalue weighted by Gasteiger charge is 2.32. The highest BCUT2D eigenvalue weighted by molar-refractivity contribution is 7.46. The third-order valence-corrected chi connectivity index (χ3v) is 5.33. The molecule has 13 heteroatoms. The van der Waals surface area contributed by atoms with Crippen LogP contribution in [-0.4, -0.2) is 66.9 Å². The van der Waals surface area contributed by atoms with Crippen molar-refractivity contribution in [1.29, 1.82) is 0 Å². The Morgan fingerprint density at radius 3 is 2.90 bits per heavy atom. The first-order valence-electron chi connectivity index (χ1n) is 9.30. The fraction of sp³-hybridized carbons (Fsp3) is 0.625. The zero-order chi connectivity index (χ0) is 21.0. The zero-order valence-corrected chi connectivity index (χ0v) is 17.7. The Morgan fingerprint density at radius 2 is 2.21 bits per heavy atom. The summed E-state index contributed by atoms with van der Waals surface area (Å²) < 4.78 is 13.2. The van der Waals surface area contributed by atoms with E-state index in [0.717, 1.165) is 0 Å². The molecular formula is C16H24ClN6O5P. The Bertz CT molecular complexity index is 853. The number of rotatable bonds is 9. The van der Waals surface area contributed by atoms with Crippen molar-refractivity contribution in [3.8, 4) is 0 Å². The van der Waals surface area contributed by atoms with E-state index in [1.54, 1.807) is 17.8 Å². The van der Waals surface area contributed by atoms with Gasteiger partial charge in [-0.3, -0.25) is 9.36 Å². The van der Waals surface area contributed by atoms with Crippen LogP contribution in [-0.2, 0) is 14.3 Å². The van der Waals surface area contributed by atoms with Gasteiger partial charge in [0.2, 0.25) is 19.5 Å². The first-order valence-corrected chi connectivity index (χ1v) is 11.0. The monoisotopic (exact) mass is 446 g/mol. The number of anilines is 1. The van der Waals surface area contributed by atoms with Gasteiger partial charge in [0.05, 0.1) is 19.0 Å². The Labute approximate surface area is 173 Å². The Balaban J connectivity index is 1.67. The normalized spacial score (nSPS) is 20.3. The number of halogens is 1. The lowest BCUT2D eigenvalue weighted by Gasteiger charge is -2.20. The van der Waals surface area contributed by atoms with Gasteiger partial charge in [-0.2, -0.15) is 9.97 Å². The Hall–Kier alpha value is -1.62. The minimum Gasteiger partial charge on any atom is -0.368 e. The van der Waals surface area contributed by atoms with Crippen molar-refractivity contribution in [1.82, 2.24) is 24.8 Å². The van der Waals surface area contributed by atoms with Crippen molar-refractivity contribution in [3.63, 3.8) is 0 Å². The molecule has 3 unspecified atom stereocenters. The number of carbonyl (C=O) groups excluding carboxylic acids is 1. The van der Waals surface area contributed by atoms with E-state index >= 15 is 0 Å². The summed E-state index contributed by atoms with van der Waals surface area (Å²) in [5.74, 6) is -1.31. The molecular weight excluding hydrogens is 423 g/mol. The van der Waals surface area contributed by atoms with Crippen molar-refractivity contribution in [3.05, 3.63) is 11.6 Å². The molecule has 29 heavy (non-hydrogen) atoms. The molecule has 3 rings (SSSR count). The molecule has 1 fully saturated rings. The second-order valence-corrected chi connectivity index (χ2v) is 7.83. The van der Waals surface area contributed by atoms with Crippen LogP contribution < -0.4 is 10.6 Å². The van der Waals surface area contributed by atoms with Gasteiger partial charge in [-0.05, 0) is 38.3 Å². The van der Waals surface area contributed by atoms with Gasteiger partial charge in [-0.1, -0.05) is 0 Å². The number of hydrogen-bond acceptors (Lipinski definition) is 9. The molecule has 0 aliphatic carbocycles. The molecule has 11 nitrogen and oxygen atoms in total. The summed E-state index contributed by atoms with van der Waals surface area (Å²) in [7, 11) is -2.56. The summed E-state index contributed by atoms with van der Waals surface area (Å²) in [5.41, 5.74) is 1.16. The van der Waals surface area contributed by atoms with Crippen LogP contribution in [0.15, 0.2) is 6.33 Å². The highest BCUT2D eigenvalue weighted by Crippen LogP contribution is 2.35. The Kier molecular flexibility index (Phi) is 7.55. The molecule has 1 aliphatic heterocycles. The molecule has 0 saturated carbocycles. The van der Waals surface area contributed by atoms with Gasteiger partial charge >= 0.3 is 0 Å². The van der Waals surface area contributed by atoms with E-state index in [1.807, 2.05) is 6.92 Å². The number of ether oxygens (including phenoxy) is 2. The van der Waals surface area contributed by atoms with Gasteiger partial charge in [0.25, 0.3) is 5.91 Å². The fourth-order valence-electron chi connectivity index (χ4n) is 3.11. The molecule has 1 amide bonds. The van der Waals surface area contributed by atoms with Gasteiger partial charge in [0.15, 0.2) is 17.0 Å². The van der Waals surface area contributed by atoms with Crippen molar-refractivity contribution in [2.45, 2.75) is 44.9 Å². The van der Waals surface area contributed by atoms with E-state index in [0.29, 0.717) is 42.9 Å². The second kappa shape index (κ2) is 9.92. The topological polar surface area (TPSA) is 144 Å². The predicted octanol–water partition coefficient (Wildman–Crippen LogP) is 1.36. The molecule has 1 saturated heterocycles. The number of carbonyl (C=O) groups is 1. The lowest BCUT2D eigenvalue weighted by molar-refractivity contribution is -0.130. The average Bonchev–Trinajstić information content (AvgIpc) is 3.28. The third-order valence-electron chi connectivity index (χ3n) is 4.36. The van der Waals surface area contributed by atoms with Crippen LogP contribution in [0, 0.1) is 0 Å². The molecule has 0 bridgehead atoms. The molecule has 4 N–H and O–H groups in total. The number of nitrogens with zero attached hydrogens (tertiary/aromatic N) is 4. The summed E-state index contributed by atoms with van der Waals surface area (Å²) in [6, 6.07) is 0. The number of fused-ring (bicyclic) bond motifs is 1. The van der Waals surface area contributed by atoms with E-state index < -0.39 is 20.1 Å². The quantitative estimate of drug-likeness (QED) is 0.331. The number of imidazole rings is 1. The van der Waals surface area contributed by atoms with Gasteiger partial charge in [0.1, 0.15) is 6.23 Å². The maximum absolute atomic E-state index is 11.9. The molecule has 0 aromatic carbocycles. The van der Waals surface area contributed by atoms with Crippen LogP contribution >= 0.6 is 20.0 Å². The smallest absolute Gasteiger partial charge is 0.258 e. The number of hydrogen-bond donors (Lipinski definition) is 4. The minimum absolute atomic E-state index is 0.0588. The summed E-state index contributed by atoms with van der Waals surface area (Å²) in [4.78, 5) is 43.6. The van der Waals surface area contributed by atoms with Crippen LogP contribution in [0.4, 0.5) is 5.82 Å². The van der Waals surface area contributed by atoms with Crippen molar-refractivity contribution >= 4 is 42.9 Å². The Morgan fingerprint density at radius 1 is 1.41 bits per heavy atom. The molecule has 0 spiro atoms. The first-order chi connectivity index (χ1) is 13.9. The number of aromatic nitrogens is 4. The van der Waals surface area contributed by atoms with Crippen molar-refractivity contribution in [2.24, 2.45) is 0 Å². The van der Waals surface area contributed by atoms with E-state index in [4.69, 9.17) is 21.1 Å². The van der Waals surface area contributed by atoms with Crippen LogP contribution in [0.2, 0.25) is 5.28 Å². The molecule has 2 aromatic heterocycles. The summed E-state index contributed by atoms with van der Waals surface area (Å²) in [6.07, 6.45) is 2.33. The first kappa shape index (κ1) is 22.1. The van der Waals surface area contributed by atoms with Gasteiger partial charge in [0, 0.05) is 13.1 Å². The molecule has 2 aromatic rings. The lowest BCUT2D eigenvalue weighted by Crippen LogP contribution is -2.36. The summed E-state index contributed by atoms with van der Waals surface area (Å²) in [6.45, 7) is 4.78. The van der Waals surface area contributed by atoms with Crippen LogP contribution in [0.1, 0.15) is 32.9 Å². The minimum atomic E-state index is -2.56. The van der Waals surface area contributed by atoms with Crippen molar-refractivity contribution in [2.75, 3.05) is 25.0 Å². The summed E-state index contributed by atoms with van der Waals surface area (Å²) >= 11 is 6.05. The fourth-order valence-corrected chi connectivity index (χ4v) is 3.80. The molecule has 0 radical (unpaired) electrons. The maximum Gasteiger partial charge on any atom is 0.258 e. The zero-order valence-electron chi connectivity index (χ0n) is 16.1. The van der Waals surface area contributed by atoms with E-state index in [1.165, 1.54) is 0 Å². The molecule has 3 heterocycles. The van der Waals surface area contributed by atoms with Crippen LogP contribution in [0.3, 0.4) is 0 Å². The standard InChI is InChI=1S/C16H24ClN6O5P/c1-3-18-12-11-13(22-16(17)21-12)23(8-20-11)10-6-5-9(28-10)7-27-15(29(25)26)14(24)19-4-2/h8-10,15,25-26H,3-7H2,1-2H3,(H,19,24)(H,18,21,22). The largest absolute Gasteiger partial charge is 0.368 e. The molecule has 3 atom stereocenters.